The van der Waals surface area contributed by atoms with E-state index in [1.54, 1.807) is 39.8 Å². The first-order chi connectivity index (χ1) is 14.2. The van der Waals surface area contributed by atoms with E-state index in [2.05, 4.69) is 35.0 Å². The SMILES string of the molecule is O=C(c1cccc(Cl)c1)N1N=C2/C(=C\c3cccs3)CCC[C@H]2[C@@H]1c1cccs1. The van der Waals surface area contributed by atoms with Gasteiger partial charge < -0.3 is 0 Å². The predicted molar refractivity (Wildman–Crippen MR) is 122 cm³/mol. The summed E-state index contributed by atoms with van der Waals surface area (Å²) in [5.41, 5.74) is 2.90. The first-order valence-electron chi connectivity index (χ1n) is 9.66. The van der Waals surface area contributed by atoms with E-state index in [9.17, 15) is 4.79 Å². The highest BCUT2D eigenvalue weighted by Crippen LogP contribution is 2.46. The Morgan fingerprint density at radius 2 is 2.00 bits per heavy atom. The molecule has 1 saturated carbocycles. The lowest BCUT2D eigenvalue weighted by molar-refractivity contribution is 0.0684. The number of hydrogen-bond acceptors (Lipinski definition) is 4. The average molecular weight is 439 g/mol. The summed E-state index contributed by atoms with van der Waals surface area (Å²) in [5, 5.41) is 11.3. The van der Waals surface area contributed by atoms with Crippen LogP contribution in [0.25, 0.3) is 6.08 Å². The van der Waals surface area contributed by atoms with Gasteiger partial charge in [0, 0.05) is 26.3 Å². The van der Waals surface area contributed by atoms with Crippen LogP contribution in [0.2, 0.25) is 5.02 Å². The van der Waals surface area contributed by atoms with E-state index in [1.165, 1.54) is 15.3 Å². The van der Waals surface area contributed by atoms with Crippen LogP contribution in [-0.4, -0.2) is 16.6 Å². The topological polar surface area (TPSA) is 32.7 Å². The third kappa shape index (κ3) is 3.59. The summed E-state index contributed by atoms with van der Waals surface area (Å²) >= 11 is 9.57. The molecular weight excluding hydrogens is 420 g/mol. The molecule has 1 amide bonds. The molecule has 29 heavy (non-hydrogen) atoms. The maximum absolute atomic E-state index is 13.4. The summed E-state index contributed by atoms with van der Waals surface area (Å²) in [4.78, 5) is 15.8. The number of rotatable bonds is 3. The second-order valence-corrected chi connectivity index (χ2v) is 9.68. The molecule has 3 nitrogen and oxygen atoms in total. The van der Waals surface area contributed by atoms with Gasteiger partial charge in [-0.15, -0.1) is 22.7 Å². The Labute approximate surface area is 182 Å². The fourth-order valence-corrected chi connectivity index (χ4v) is 5.95. The number of hydrazone groups is 1. The smallest absolute Gasteiger partial charge is 0.267 e. The number of halogens is 1. The molecule has 5 rings (SSSR count). The lowest BCUT2D eigenvalue weighted by Crippen LogP contribution is -2.31. The number of carbonyl (C=O) groups is 1. The Bertz CT molecular complexity index is 1090. The summed E-state index contributed by atoms with van der Waals surface area (Å²) in [6.07, 6.45) is 5.41. The molecule has 0 saturated heterocycles. The van der Waals surface area contributed by atoms with Crippen molar-refractivity contribution < 1.29 is 4.79 Å². The minimum absolute atomic E-state index is 0.0523. The highest BCUT2D eigenvalue weighted by molar-refractivity contribution is 7.11. The van der Waals surface area contributed by atoms with Crippen molar-refractivity contribution in [2.75, 3.05) is 0 Å². The number of carbonyl (C=O) groups excluding carboxylic acids is 1. The zero-order valence-corrected chi connectivity index (χ0v) is 18.0. The zero-order valence-electron chi connectivity index (χ0n) is 15.6. The van der Waals surface area contributed by atoms with E-state index >= 15 is 0 Å². The van der Waals surface area contributed by atoms with Gasteiger partial charge in [0.25, 0.3) is 5.91 Å². The van der Waals surface area contributed by atoms with E-state index in [1.807, 2.05) is 18.2 Å². The zero-order chi connectivity index (χ0) is 19.8. The van der Waals surface area contributed by atoms with Crippen molar-refractivity contribution in [1.29, 1.82) is 0 Å². The number of hydrogen-bond donors (Lipinski definition) is 0. The molecule has 146 valence electrons. The van der Waals surface area contributed by atoms with Crippen molar-refractivity contribution in [2.45, 2.75) is 25.3 Å². The first-order valence-corrected chi connectivity index (χ1v) is 11.8. The van der Waals surface area contributed by atoms with Gasteiger partial charge in [-0.05, 0) is 72.0 Å². The van der Waals surface area contributed by atoms with Gasteiger partial charge in [-0.1, -0.05) is 29.8 Å². The van der Waals surface area contributed by atoms with Gasteiger partial charge in [-0.25, -0.2) is 5.01 Å². The van der Waals surface area contributed by atoms with Gasteiger partial charge in [0.05, 0.1) is 11.8 Å². The third-order valence-corrected chi connectivity index (χ3v) is 7.47. The summed E-state index contributed by atoms with van der Waals surface area (Å²) < 4.78 is 0. The Morgan fingerprint density at radius 3 is 2.76 bits per heavy atom. The van der Waals surface area contributed by atoms with Crippen LogP contribution in [0, 0.1) is 5.92 Å². The molecule has 2 aromatic heterocycles. The highest BCUT2D eigenvalue weighted by atomic mass is 35.5. The molecule has 0 radical (unpaired) electrons. The van der Waals surface area contributed by atoms with Gasteiger partial charge in [0.2, 0.25) is 0 Å². The van der Waals surface area contributed by atoms with Crippen molar-refractivity contribution >= 4 is 52.0 Å². The van der Waals surface area contributed by atoms with Gasteiger partial charge in [0.1, 0.15) is 0 Å². The predicted octanol–water partition coefficient (Wildman–Crippen LogP) is 6.90. The molecule has 3 heterocycles. The van der Waals surface area contributed by atoms with Crippen LogP contribution in [0.4, 0.5) is 0 Å². The number of fused-ring (bicyclic) bond motifs is 1. The maximum atomic E-state index is 13.4. The van der Waals surface area contributed by atoms with Crippen LogP contribution in [0.15, 0.2) is 70.0 Å². The molecule has 0 unspecified atom stereocenters. The van der Waals surface area contributed by atoms with Crippen LogP contribution < -0.4 is 0 Å². The van der Waals surface area contributed by atoms with Crippen LogP contribution in [-0.2, 0) is 0 Å². The number of benzene rings is 1. The van der Waals surface area contributed by atoms with Gasteiger partial charge >= 0.3 is 0 Å². The van der Waals surface area contributed by atoms with Gasteiger partial charge in [0.15, 0.2) is 0 Å². The van der Waals surface area contributed by atoms with E-state index in [-0.39, 0.29) is 17.9 Å². The van der Waals surface area contributed by atoms with E-state index in [0.29, 0.717) is 10.6 Å². The Morgan fingerprint density at radius 1 is 1.14 bits per heavy atom. The second kappa shape index (κ2) is 7.90. The largest absolute Gasteiger partial charge is 0.274 e. The fourth-order valence-electron chi connectivity index (χ4n) is 4.20. The summed E-state index contributed by atoms with van der Waals surface area (Å²) in [7, 11) is 0. The first kappa shape index (κ1) is 18.8. The molecule has 6 heteroatoms. The van der Waals surface area contributed by atoms with E-state index < -0.39 is 0 Å². The Balaban J connectivity index is 1.57. The molecule has 1 aliphatic heterocycles. The summed E-state index contributed by atoms with van der Waals surface area (Å²) in [5.74, 6) is 0.139. The van der Waals surface area contributed by atoms with E-state index in [4.69, 9.17) is 16.7 Å². The van der Waals surface area contributed by atoms with Crippen molar-refractivity contribution in [3.63, 3.8) is 0 Å². The van der Waals surface area contributed by atoms with Crippen molar-refractivity contribution in [3.8, 4) is 0 Å². The number of nitrogens with zero attached hydrogens (tertiary/aromatic N) is 2. The molecule has 3 aromatic rings. The number of allylic oxidation sites excluding steroid dienone is 1. The minimum atomic E-state index is -0.0942. The maximum Gasteiger partial charge on any atom is 0.274 e. The molecule has 1 aromatic carbocycles. The Hall–Kier alpha value is -2.21. The van der Waals surface area contributed by atoms with Crippen molar-refractivity contribution in [2.24, 2.45) is 11.0 Å². The second-order valence-electron chi connectivity index (χ2n) is 7.29. The molecule has 0 spiro atoms. The van der Waals surface area contributed by atoms with Gasteiger partial charge in [-0.3, -0.25) is 4.79 Å². The normalized spacial score (nSPS) is 22.6. The molecule has 0 bridgehead atoms. The monoisotopic (exact) mass is 438 g/mol. The molecule has 0 N–H and O–H groups in total. The lowest BCUT2D eigenvalue weighted by atomic mass is 9.79. The van der Waals surface area contributed by atoms with E-state index in [0.717, 1.165) is 25.0 Å². The molecule has 1 aliphatic carbocycles. The Kier molecular flexibility index (Phi) is 5.12. The molecule has 1 fully saturated rings. The van der Waals surface area contributed by atoms with Crippen LogP contribution >= 0.6 is 34.3 Å². The quantitative estimate of drug-likeness (QED) is 0.437. The number of amides is 1. The fraction of sp³-hybridized carbons (Fsp3) is 0.217. The lowest BCUT2D eigenvalue weighted by Gasteiger charge is -2.28. The minimum Gasteiger partial charge on any atom is -0.267 e. The standard InChI is InChI=1S/C23H19ClN2OS2/c24-17-7-1-6-16(13-17)23(27)26-22(20-10-4-12-29-20)19-9-2-5-15(21(19)25-26)14-18-8-3-11-28-18/h1,3-4,6-8,10-14,19,22H,2,5,9H2/b15-14-/t19-,22-/m1/s1. The molecular formula is C23H19ClN2OS2. The molecule has 2 aliphatic rings. The third-order valence-electron chi connectivity index (χ3n) is 5.48. The average Bonchev–Trinajstić information content (AvgIpc) is 3.48. The van der Waals surface area contributed by atoms with Gasteiger partial charge in [-0.2, -0.15) is 5.10 Å². The van der Waals surface area contributed by atoms with Crippen molar-refractivity contribution in [1.82, 2.24) is 5.01 Å². The van der Waals surface area contributed by atoms with Crippen LogP contribution in [0.1, 0.15) is 45.4 Å². The van der Waals surface area contributed by atoms with Crippen molar-refractivity contribution in [3.05, 3.63) is 85.2 Å². The van der Waals surface area contributed by atoms with Crippen LogP contribution in [0.3, 0.4) is 0 Å². The highest BCUT2D eigenvalue weighted by Gasteiger charge is 2.44. The molecule has 2 atom stereocenters. The summed E-state index contributed by atoms with van der Waals surface area (Å²) in [6.45, 7) is 0. The summed E-state index contributed by atoms with van der Waals surface area (Å²) in [6, 6.07) is 15.4. The van der Waals surface area contributed by atoms with Crippen LogP contribution in [0.5, 0.6) is 0 Å². The number of thiophene rings is 2.